The second-order valence-electron chi connectivity index (χ2n) is 5.68. The fraction of sp³-hybridized carbons (Fsp3) is 0.667. The van der Waals surface area contributed by atoms with Crippen LogP contribution >= 0.6 is 23.6 Å². The van der Waals surface area contributed by atoms with E-state index < -0.39 is 0 Å². The molecule has 1 aromatic heterocycles. The molecule has 5 heteroatoms. The first-order chi connectivity index (χ1) is 9.66. The fourth-order valence-corrected chi connectivity index (χ4v) is 3.86. The molecule has 20 heavy (non-hydrogen) atoms. The zero-order chi connectivity index (χ0) is 14.4. The van der Waals surface area contributed by atoms with Crippen molar-refractivity contribution in [3.8, 4) is 0 Å². The van der Waals surface area contributed by atoms with E-state index in [9.17, 15) is 0 Å². The van der Waals surface area contributed by atoms with Gasteiger partial charge >= 0.3 is 0 Å². The predicted octanol–water partition coefficient (Wildman–Crippen LogP) is 3.15. The molecule has 1 aliphatic rings. The zero-order valence-electron chi connectivity index (χ0n) is 12.4. The van der Waals surface area contributed by atoms with E-state index in [4.69, 9.17) is 12.2 Å². The highest BCUT2D eigenvalue weighted by atomic mass is 32.1. The van der Waals surface area contributed by atoms with E-state index in [1.807, 2.05) is 0 Å². The number of nitrogens with zero attached hydrogens (tertiary/aromatic N) is 1. The Morgan fingerprint density at radius 3 is 2.75 bits per heavy atom. The standard InChI is InChI=1S/C15H25N3S2/c1-18(2)13(14-9-6-10-20-14)11-16-15(19)17-12-7-4-3-5-8-12/h6,9-10,12-13H,3-5,7-8,11H2,1-2H3,(H2,16,17,19). The molecule has 0 radical (unpaired) electrons. The normalized spacial score (nSPS) is 17.9. The van der Waals surface area contributed by atoms with Crippen LogP contribution < -0.4 is 10.6 Å². The molecular formula is C15H25N3S2. The summed E-state index contributed by atoms with van der Waals surface area (Å²) < 4.78 is 0. The van der Waals surface area contributed by atoms with Gasteiger partial charge in [-0.1, -0.05) is 25.3 Å². The number of nitrogens with one attached hydrogen (secondary N) is 2. The minimum Gasteiger partial charge on any atom is -0.361 e. The van der Waals surface area contributed by atoms with Crippen molar-refractivity contribution >= 4 is 28.7 Å². The molecule has 0 spiro atoms. The Kier molecular flexibility index (Phi) is 6.26. The first-order valence-electron chi connectivity index (χ1n) is 7.41. The minimum atomic E-state index is 0.376. The van der Waals surface area contributed by atoms with Crippen molar-refractivity contribution in [1.29, 1.82) is 0 Å². The Bertz CT molecular complexity index is 397. The molecule has 0 bridgehead atoms. The molecule has 0 aromatic carbocycles. The van der Waals surface area contributed by atoms with Gasteiger partial charge in [-0.05, 0) is 50.6 Å². The van der Waals surface area contributed by atoms with E-state index >= 15 is 0 Å². The molecule has 2 N–H and O–H groups in total. The van der Waals surface area contributed by atoms with Crippen LogP contribution in [0.15, 0.2) is 17.5 Å². The number of hydrogen-bond acceptors (Lipinski definition) is 3. The third-order valence-electron chi connectivity index (χ3n) is 3.89. The molecule has 1 atom stereocenters. The van der Waals surface area contributed by atoms with Gasteiger partial charge in [0, 0.05) is 17.5 Å². The summed E-state index contributed by atoms with van der Waals surface area (Å²) in [5, 5.41) is 9.78. The van der Waals surface area contributed by atoms with E-state index in [2.05, 4.69) is 47.1 Å². The highest BCUT2D eigenvalue weighted by molar-refractivity contribution is 7.80. The monoisotopic (exact) mass is 311 g/mol. The van der Waals surface area contributed by atoms with E-state index in [1.54, 1.807) is 11.3 Å². The third kappa shape index (κ3) is 4.72. The SMILES string of the molecule is CN(C)C(CNC(=S)NC1CCCCC1)c1cccs1. The lowest BCUT2D eigenvalue weighted by molar-refractivity contribution is 0.302. The molecule has 1 heterocycles. The summed E-state index contributed by atoms with van der Waals surface area (Å²) in [7, 11) is 4.23. The number of likely N-dealkylation sites (N-methyl/N-ethyl adjacent to an activating group) is 1. The summed E-state index contributed by atoms with van der Waals surface area (Å²) in [6, 6.07) is 5.24. The Balaban J connectivity index is 1.78. The van der Waals surface area contributed by atoms with Crippen molar-refractivity contribution in [2.75, 3.05) is 20.6 Å². The van der Waals surface area contributed by atoms with Gasteiger partial charge in [0.05, 0.1) is 6.04 Å². The summed E-state index contributed by atoms with van der Waals surface area (Å²) in [6.45, 7) is 0.853. The summed E-state index contributed by atoms with van der Waals surface area (Å²) in [5.74, 6) is 0. The predicted molar refractivity (Wildman–Crippen MR) is 91.4 cm³/mol. The second kappa shape index (κ2) is 7.96. The van der Waals surface area contributed by atoms with Crippen LogP contribution in [-0.4, -0.2) is 36.7 Å². The van der Waals surface area contributed by atoms with E-state index in [0.29, 0.717) is 12.1 Å². The summed E-state index contributed by atoms with van der Waals surface area (Å²) >= 11 is 7.23. The van der Waals surface area contributed by atoms with E-state index in [-0.39, 0.29) is 0 Å². The Hall–Kier alpha value is -0.650. The van der Waals surface area contributed by atoms with Gasteiger partial charge < -0.3 is 15.5 Å². The quantitative estimate of drug-likeness (QED) is 0.817. The Morgan fingerprint density at radius 1 is 1.40 bits per heavy atom. The van der Waals surface area contributed by atoms with Crippen molar-refractivity contribution in [3.63, 3.8) is 0 Å². The average Bonchev–Trinajstić information content (AvgIpc) is 2.93. The van der Waals surface area contributed by atoms with E-state index in [1.165, 1.54) is 37.0 Å². The Morgan fingerprint density at radius 2 is 2.15 bits per heavy atom. The lowest BCUT2D eigenvalue weighted by atomic mass is 9.96. The van der Waals surface area contributed by atoms with Gasteiger partial charge in [-0.2, -0.15) is 0 Å². The maximum atomic E-state index is 5.43. The zero-order valence-corrected chi connectivity index (χ0v) is 14.0. The van der Waals surface area contributed by atoms with Crippen LogP contribution in [0.5, 0.6) is 0 Å². The largest absolute Gasteiger partial charge is 0.361 e. The van der Waals surface area contributed by atoms with Gasteiger partial charge in [-0.3, -0.25) is 0 Å². The summed E-state index contributed by atoms with van der Waals surface area (Å²) in [5.41, 5.74) is 0. The summed E-state index contributed by atoms with van der Waals surface area (Å²) in [4.78, 5) is 3.62. The molecule has 0 saturated heterocycles. The first kappa shape index (κ1) is 15.7. The third-order valence-corrected chi connectivity index (χ3v) is 5.13. The average molecular weight is 312 g/mol. The second-order valence-corrected chi connectivity index (χ2v) is 7.07. The highest BCUT2D eigenvalue weighted by Crippen LogP contribution is 2.22. The molecule has 0 amide bonds. The first-order valence-corrected chi connectivity index (χ1v) is 8.70. The van der Waals surface area contributed by atoms with Crippen LogP contribution in [-0.2, 0) is 0 Å². The van der Waals surface area contributed by atoms with E-state index in [0.717, 1.165) is 11.7 Å². The van der Waals surface area contributed by atoms with Gasteiger partial charge in [0.15, 0.2) is 5.11 Å². The molecule has 1 saturated carbocycles. The molecule has 0 aliphatic heterocycles. The molecule has 1 unspecified atom stereocenters. The van der Waals surface area contributed by atoms with Crippen LogP contribution in [0.2, 0.25) is 0 Å². The van der Waals surface area contributed by atoms with Gasteiger partial charge in [0.2, 0.25) is 0 Å². The van der Waals surface area contributed by atoms with Crippen LogP contribution in [0.3, 0.4) is 0 Å². The van der Waals surface area contributed by atoms with Gasteiger partial charge in [0.1, 0.15) is 0 Å². The molecule has 3 nitrogen and oxygen atoms in total. The number of thiocarbonyl (C=S) groups is 1. The van der Waals surface area contributed by atoms with Crippen LogP contribution in [0.4, 0.5) is 0 Å². The van der Waals surface area contributed by atoms with Crippen molar-refractivity contribution < 1.29 is 0 Å². The van der Waals surface area contributed by atoms with Gasteiger partial charge in [0.25, 0.3) is 0 Å². The highest BCUT2D eigenvalue weighted by Gasteiger charge is 2.17. The maximum absolute atomic E-state index is 5.43. The van der Waals surface area contributed by atoms with Crippen molar-refractivity contribution in [3.05, 3.63) is 22.4 Å². The van der Waals surface area contributed by atoms with Gasteiger partial charge in [-0.25, -0.2) is 0 Å². The molecule has 112 valence electrons. The molecule has 1 aliphatic carbocycles. The number of thiophene rings is 1. The smallest absolute Gasteiger partial charge is 0.166 e. The summed E-state index contributed by atoms with van der Waals surface area (Å²) in [6.07, 6.45) is 6.54. The number of rotatable bonds is 5. The van der Waals surface area contributed by atoms with Crippen LogP contribution in [0.1, 0.15) is 43.0 Å². The van der Waals surface area contributed by atoms with Crippen molar-refractivity contribution in [2.24, 2.45) is 0 Å². The van der Waals surface area contributed by atoms with Crippen molar-refractivity contribution in [1.82, 2.24) is 15.5 Å². The van der Waals surface area contributed by atoms with Gasteiger partial charge in [-0.15, -0.1) is 11.3 Å². The molecule has 2 rings (SSSR count). The number of hydrogen-bond donors (Lipinski definition) is 2. The lowest BCUT2D eigenvalue weighted by Gasteiger charge is -2.27. The van der Waals surface area contributed by atoms with Crippen LogP contribution in [0, 0.1) is 0 Å². The van der Waals surface area contributed by atoms with Crippen molar-refractivity contribution in [2.45, 2.75) is 44.2 Å². The molecular weight excluding hydrogens is 286 g/mol. The minimum absolute atomic E-state index is 0.376. The fourth-order valence-electron chi connectivity index (χ4n) is 2.69. The Labute approximate surface area is 131 Å². The topological polar surface area (TPSA) is 27.3 Å². The molecule has 1 aromatic rings. The molecule has 1 fully saturated rings. The lowest BCUT2D eigenvalue weighted by Crippen LogP contribution is -2.45. The maximum Gasteiger partial charge on any atom is 0.166 e. The van der Waals surface area contributed by atoms with Crippen LogP contribution in [0.25, 0.3) is 0 Å².